The van der Waals surface area contributed by atoms with E-state index >= 15 is 0 Å². The molecule has 0 radical (unpaired) electrons. The number of rotatable bonds is 8. The maximum Gasteiger partial charge on any atom is 0.336 e. The van der Waals surface area contributed by atoms with Crippen molar-refractivity contribution < 1.29 is 23.8 Å². The third-order valence-electron chi connectivity index (χ3n) is 3.44. The minimum absolute atomic E-state index is 0.0442. The summed E-state index contributed by atoms with van der Waals surface area (Å²) in [6.45, 7) is 5.45. The minimum Gasteiger partial charge on any atom is -0.493 e. The highest BCUT2D eigenvalue weighted by molar-refractivity contribution is 5.94. The van der Waals surface area contributed by atoms with Gasteiger partial charge in [0.2, 0.25) is 0 Å². The first-order valence-corrected chi connectivity index (χ1v) is 7.96. The number of carbonyl (C=O) groups excluding carboxylic acids is 2. The Bertz CT molecular complexity index is 819. The second-order valence-electron chi connectivity index (χ2n) is 5.34. The van der Waals surface area contributed by atoms with Crippen LogP contribution in [0.1, 0.15) is 22.8 Å². The Morgan fingerprint density at radius 3 is 2.42 bits per heavy atom. The molecule has 2 aromatic carbocycles. The van der Waals surface area contributed by atoms with Crippen LogP contribution >= 0.6 is 0 Å². The van der Waals surface area contributed by atoms with E-state index < -0.39 is 5.97 Å². The van der Waals surface area contributed by atoms with E-state index in [2.05, 4.69) is 6.58 Å². The molecule has 0 aliphatic rings. The van der Waals surface area contributed by atoms with Crippen LogP contribution in [-0.4, -0.2) is 25.5 Å². The second kappa shape index (κ2) is 9.22. The van der Waals surface area contributed by atoms with E-state index in [1.54, 1.807) is 61.7 Å². The van der Waals surface area contributed by atoms with Gasteiger partial charge in [-0.1, -0.05) is 18.7 Å². The third-order valence-corrected chi connectivity index (χ3v) is 3.44. The lowest BCUT2D eigenvalue weighted by molar-refractivity contribution is -0.128. The zero-order valence-electron chi connectivity index (χ0n) is 14.7. The smallest absolute Gasteiger partial charge is 0.336 e. The van der Waals surface area contributed by atoms with Gasteiger partial charge in [-0.25, -0.2) is 4.79 Å². The first kappa shape index (κ1) is 19.0. The summed E-state index contributed by atoms with van der Waals surface area (Å²) in [6, 6.07) is 11.7. The summed E-state index contributed by atoms with van der Waals surface area (Å²) >= 11 is 0. The summed E-state index contributed by atoms with van der Waals surface area (Å²) < 4.78 is 16.0. The highest BCUT2D eigenvalue weighted by Gasteiger charge is 2.06. The molecular formula is C21H20O5. The van der Waals surface area contributed by atoms with Crippen LogP contribution in [-0.2, 0) is 4.79 Å². The number of carbonyl (C=O) groups is 2. The quantitative estimate of drug-likeness (QED) is 0.235. The van der Waals surface area contributed by atoms with Crippen LogP contribution in [0.4, 0.5) is 0 Å². The van der Waals surface area contributed by atoms with Gasteiger partial charge in [0.15, 0.2) is 17.3 Å². The highest BCUT2D eigenvalue weighted by atomic mass is 16.5. The number of benzene rings is 2. The summed E-state index contributed by atoms with van der Waals surface area (Å²) in [5.74, 6) is 0.957. The largest absolute Gasteiger partial charge is 0.493 e. The maximum atomic E-state index is 11.9. The molecule has 0 aliphatic carbocycles. The molecule has 0 atom stereocenters. The second-order valence-corrected chi connectivity index (χ2v) is 5.34. The molecule has 26 heavy (non-hydrogen) atoms. The van der Waals surface area contributed by atoms with Gasteiger partial charge in [0, 0.05) is 11.6 Å². The third kappa shape index (κ3) is 5.34. The molecule has 0 heterocycles. The van der Waals surface area contributed by atoms with Crippen molar-refractivity contribution in [3.8, 4) is 17.2 Å². The summed E-state index contributed by atoms with van der Waals surface area (Å²) in [7, 11) is 1.54. The zero-order chi connectivity index (χ0) is 18.9. The molecule has 5 nitrogen and oxygen atoms in total. The Balaban J connectivity index is 2.02. The molecule has 134 valence electrons. The average molecular weight is 352 g/mol. The Morgan fingerprint density at radius 1 is 1.08 bits per heavy atom. The van der Waals surface area contributed by atoms with Gasteiger partial charge in [-0.15, -0.1) is 0 Å². The van der Waals surface area contributed by atoms with Crippen molar-refractivity contribution >= 4 is 17.8 Å². The number of hydrogen-bond acceptors (Lipinski definition) is 5. The van der Waals surface area contributed by atoms with E-state index in [0.717, 1.165) is 5.56 Å². The molecule has 0 saturated carbocycles. The minimum atomic E-state index is -0.522. The van der Waals surface area contributed by atoms with Crippen LogP contribution in [0.3, 0.4) is 0 Å². The van der Waals surface area contributed by atoms with Crippen LogP contribution < -0.4 is 14.2 Å². The van der Waals surface area contributed by atoms with Gasteiger partial charge in [0.1, 0.15) is 12.4 Å². The molecule has 2 rings (SSSR count). The molecule has 0 bridgehead atoms. The van der Waals surface area contributed by atoms with E-state index in [1.165, 1.54) is 13.0 Å². The van der Waals surface area contributed by atoms with Gasteiger partial charge in [-0.05, 0) is 55.0 Å². The normalized spacial score (nSPS) is 10.4. The van der Waals surface area contributed by atoms with Gasteiger partial charge >= 0.3 is 5.97 Å². The molecular weight excluding hydrogens is 332 g/mol. The Hall–Kier alpha value is -3.34. The molecule has 0 aliphatic heterocycles. The van der Waals surface area contributed by atoms with Gasteiger partial charge in [-0.2, -0.15) is 0 Å². The lowest BCUT2D eigenvalue weighted by atomic mass is 10.1. The summed E-state index contributed by atoms with van der Waals surface area (Å²) in [6.07, 6.45) is 4.58. The number of esters is 1. The molecule has 0 fully saturated rings. The molecule has 0 N–H and O–H groups in total. The monoisotopic (exact) mass is 352 g/mol. The van der Waals surface area contributed by atoms with Crippen molar-refractivity contribution in [3.63, 3.8) is 0 Å². The maximum absolute atomic E-state index is 11.9. The first-order chi connectivity index (χ1) is 12.5. The van der Waals surface area contributed by atoms with Gasteiger partial charge in [0.25, 0.3) is 0 Å². The Kier molecular flexibility index (Phi) is 6.74. The number of methoxy groups -OCH3 is 1. The predicted octanol–water partition coefficient (Wildman–Crippen LogP) is 4.08. The molecule has 0 spiro atoms. The topological polar surface area (TPSA) is 61.8 Å². The first-order valence-electron chi connectivity index (χ1n) is 7.96. The summed E-state index contributed by atoms with van der Waals surface area (Å²) in [5.41, 5.74) is 1.32. The molecule has 2 aromatic rings. The van der Waals surface area contributed by atoms with E-state index in [-0.39, 0.29) is 5.78 Å². The van der Waals surface area contributed by atoms with Gasteiger partial charge in [-0.3, -0.25) is 4.79 Å². The van der Waals surface area contributed by atoms with Crippen LogP contribution in [0.15, 0.2) is 61.2 Å². The fraction of sp³-hybridized carbons (Fsp3) is 0.143. The van der Waals surface area contributed by atoms with Crippen LogP contribution in [0.25, 0.3) is 6.08 Å². The van der Waals surface area contributed by atoms with E-state index in [0.29, 0.717) is 29.4 Å². The van der Waals surface area contributed by atoms with Crippen LogP contribution in [0, 0.1) is 0 Å². The Labute approximate surface area is 152 Å². The van der Waals surface area contributed by atoms with E-state index in [4.69, 9.17) is 14.2 Å². The molecule has 0 saturated heterocycles. The fourth-order valence-corrected chi connectivity index (χ4v) is 2.13. The number of ketones is 1. The SMILES string of the molecule is C=CCOc1ccc(/C=C/C(=O)Oc2ccc(C(C)=O)cc2)cc1OC. The van der Waals surface area contributed by atoms with Crippen molar-refractivity contribution in [1.82, 2.24) is 0 Å². The average Bonchev–Trinajstić information content (AvgIpc) is 2.65. The summed E-state index contributed by atoms with van der Waals surface area (Å²) in [4.78, 5) is 23.2. The van der Waals surface area contributed by atoms with E-state index in [9.17, 15) is 9.59 Å². The summed E-state index contributed by atoms with van der Waals surface area (Å²) in [5, 5.41) is 0. The van der Waals surface area contributed by atoms with Crippen molar-refractivity contribution in [3.05, 3.63) is 72.3 Å². The number of ether oxygens (including phenoxy) is 3. The lowest BCUT2D eigenvalue weighted by Gasteiger charge is -2.09. The molecule has 0 aromatic heterocycles. The van der Waals surface area contributed by atoms with Crippen molar-refractivity contribution in [1.29, 1.82) is 0 Å². The highest BCUT2D eigenvalue weighted by Crippen LogP contribution is 2.28. The standard InChI is InChI=1S/C21H20O5/c1-4-13-25-19-11-5-16(14-20(19)24-3)6-12-21(23)26-18-9-7-17(8-10-18)15(2)22/h4-12,14H,1,13H2,2-3H3/b12-6+. The Morgan fingerprint density at radius 2 is 1.81 bits per heavy atom. The molecule has 5 heteroatoms. The van der Waals surface area contributed by atoms with E-state index in [1.807, 2.05) is 0 Å². The fourth-order valence-electron chi connectivity index (χ4n) is 2.13. The van der Waals surface area contributed by atoms with Gasteiger partial charge in [0.05, 0.1) is 7.11 Å². The van der Waals surface area contributed by atoms with Crippen LogP contribution in [0.2, 0.25) is 0 Å². The van der Waals surface area contributed by atoms with Crippen molar-refractivity contribution in [2.45, 2.75) is 6.92 Å². The number of Topliss-reactive ketones (excluding diaryl/α,β-unsaturated/α-hetero) is 1. The van der Waals surface area contributed by atoms with Crippen molar-refractivity contribution in [2.24, 2.45) is 0 Å². The van der Waals surface area contributed by atoms with Crippen molar-refractivity contribution in [2.75, 3.05) is 13.7 Å². The molecule has 0 amide bonds. The predicted molar refractivity (Wildman–Crippen MR) is 99.8 cm³/mol. The zero-order valence-corrected chi connectivity index (χ0v) is 14.7. The lowest BCUT2D eigenvalue weighted by Crippen LogP contribution is -2.04. The van der Waals surface area contributed by atoms with Crippen LogP contribution in [0.5, 0.6) is 17.2 Å². The van der Waals surface area contributed by atoms with Gasteiger partial charge < -0.3 is 14.2 Å². The molecule has 0 unspecified atom stereocenters. The number of hydrogen-bond donors (Lipinski definition) is 0.